The summed E-state index contributed by atoms with van der Waals surface area (Å²) in [7, 11) is 0. The van der Waals surface area contributed by atoms with E-state index < -0.39 is 0 Å². The Balaban J connectivity index is 2.32. The highest BCUT2D eigenvalue weighted by molar-refractivity contribution is 8.14. The molecule has 0 amide bonds. The van der Waals surface area contributed by atoms with Crippen molar-refractivity contribution < 1.29 is 0 Å². The number of hydrazone groups is 1. The molecule has 0 aliphatic heterocycles. The van der Waals surface area contributed by atoms with Crippen molar-refractivity contribution in [3.05, 3.63) is 0 Å². The maximum absolute atomic E-state index is 5.54. The summed E-state index contributed by atoms with van der Waals surface area (Å²) >= 11 is 1.63. The monoisotopic (exact) mass is 187 g/mol. The number of rotatable bonds is 1. The quantitative estimate of drug-likeness (QED) is 0.283. The maximum Gasteiger partial charge on any atom is 0.177 e. The second-order valence-electron chi connectivity index (χ2n) is 3.48. The van der Waals surface area contributed by atoms with Gasteiger partial charge in [0.15, 0.2) is 5.17 Å². The second kappa shape index (κ2) is 4.60. The molecule has 0 saturated heterocycles. The van der Waals surface area contributed by atoms with Gasteiger partial charge in [-0.3, -0.25) is 0 Å². The molecule has 4 heteroatoms. The normalized spacial score (nSPS) is 31.9. The first-order chi connectivity index (χ1) is 5.72. The van der Waals surface area contributed by atoms with Crippen molar-refractivity contribution in [2.45, 2.75) is 37.9 Å². The molecule has 0 aromatic heterocycles. The molecule has 1 aliphatic rings. The third-order valence-corrected chi connectivity index (χ3v) is 3.41. The van der Waals surface area contributed by atoms with Crippen LogP contribution in [0.15, 0.2) is 5.10 Å². The summed E-state index contributed by atoms with van der Waals surface area (Å²) in [5.41, 5.74) is 5.54. The van der Waals surface area contributed by atoms with Crippen molar-refractivity contribution >= 4 is 16.9 Å². The zero-order valence-corrected chi connectivity index (χ0v) is 8.31. The van der Waals surface area contributed by atoms with E-state index >= 15 is 0 Å². The van der Waals surface area contributed by atoms with Gasteiger partial charge in [0.1, 0.15) is 0 Å². The molecular formula is C8H17N3S. The highest BCUT2D eigenvalue weighted by atomic mass is 32.2. The number of thioether (sulfide) groups is 1. The van der Waals surface area contributed by atoms with Crippen LogP contribution in [0.1, 0.15) is 32.6 Å². The predicted octanol–water partition coefficient (Wildman–Crippen LogP) is 1.49. The highest BCUT2D eigenvalue weighted by Crippen LogP contribution is 2.31. The van der Waals surface area contributed by atoms with Crippen molar-refractivity contribution in [2.24, 2.45) is 22.6 Å². The largest absolute Gasteiger partial charge is 0.377 e. The lowest BCUT2D eigenvalue weighted by Crippen LogP contribution is -2.20. The van der Waals surface area contributed by atoms with E-state index in [9.17, 15) is 0 Å². The summed E-state index contributed by atoms with van der Waals surface area (Å²) in [4.78, 5) is 0. The Labute approximate surface area is 78.0 Å². The minimum atomic E-state index is 0.522. The van der Waals surface area contributed by atoms with Crippen LogP contribution in [0.5, 0.6) is 0 Å². The third-order valence-electron chi connectivity index (χ3n) is 2.30. The fourth-order valence-corrected chi connectivity index (χ4v) is 2.80. The van der Waals surface area contributed by atoms with Gasteiger partial charge in [0.25, 0.3) is 0 Å². The molecule has 0 bridgehead atoms. The van der Waals surface area contributed by atoms with Crippen LogP contribution < -0.4 is 11.6 Å². The number of amidine groups is 1. The summed E-state index contributed by atoms with van der Waals surface area (Å²) in [5.74, 6) is 5.90. The van der Waals surface area contributed by atoms with Crippen LogP contribution in [-0.4, -0.2) is 10.4 Å². The van der Waals surface area contributed by atoms with Gasteiger partial charge in [-0.25, -0.2) is 0 Å². The Morgan fingerprint density at radius 2 is 2.25 bits per heavy atom. The molecule has 0 aromatic rings. The van der Waals surface area contributed by atoms with Crippen molar-refractivity contribution in [3.63, 3.8) is 0 Å². The van der Waals surface area contributed by atoms with E-state index in [1.54, 1.807) is 11.8 Å². The predicted molar refractivity (Wildman–Crippen MR) is 54.8 cm³/mol. The van der Waals surface area contributed by atoms with E-state index in [1.165, 1.54) is 25.7 Å². The van der Waals surface area contributed by atoms with Crippen molar-refractivity contribution in [1.29, 1.82) is 0 Å². The minimum absolute atomic E-state index is 0.522. The van der Waals surface area contributed by atoms with E-state index in [4.69, 9.17) is 11.6 Å². The van der Waals surface area contributed by atoms with Gasteiger partial charge in [0.2, 0.25) is 0 Å². The molecule has 12 heavy (non-hydrogen) atoms. The Morgan fingerprint density at radius 3 is 2.83 bits per heavy atom. The lowest BCUT2D eigenvalue weighted by molar-refractivity contribution is 0.395. The number of hydrogen-bond donors (Lipinski definition) is 2. The second-order valence-corrected chi connectivity index (χ2v) is 4.80. The standard InChI is InChI=1S/C8H17N3S/c1-6-3-2-4-7(5-6)12-8(9)11-10/h6-7H,2-5,10H2,1H3,(H2,9,11). The van der Waals surface area contributed by atoms with E-state index in [0.717, 1.165) is 5.92 Å². The first kappa shape index (κ1) is 9.71. The smallest absolute Gasteiger partial charge is 0.177 e. The Morgan fingerprint density at radius 1 is 1.50 bits per heavy atom. The van der Waals surface area contributed by atoms with Gasteiger partial charge >= 0.3 is 0 Å². The Kier molecular flexibility index (Phi) is 3.72. The molecule has 3 nitrogen and oxygen atoms in total. The van der Waals surface area contributed by atoms with Gasteiger partial charge < -0.3 is 11.6 Å². The molecule has 0 spiro atoms. The summed E-state index contributed by atoms with van der Waals surface area (Å²) in [6.07, 6.45) is 5.18. The van der Waals surface area contributed by atoms with Crippen LogP contribution in [-0.2, 0) is 0 Å². The van der Waals surface area contributed by atoms with Gasteiger partial charge in [0.05, 0.1) is 0 Å². The molecular weight excluding hydrogens is 170 g/mol. The summed E-state index contributed by atoms with van der Waals surface area (Å²) in [6.45, 7) is 2.29. The Bertz CT molecular complexity index is 170. The maximum atomic E-state index is 5.54. The van der Waals surface area contributed by atoms with Crippen molar-refractivity contribution in [2.75, 3.05) is 0 Å². The third kappa shape index (κ3) is 2.93. The van der Waals surface area contributed by atoms with E-state index in [2.05, 4.69) is 12.0 Å². The van der Waals surface area contributed by atoms with Gasteiger partial charge in [-0.2, -0.15) is 5.10 Å². The zero-order chi connectivity index (χ0) is 8.97. The molecule has 70 valence electrons. The fraction of sp³-hybridized carbons (Fsp3) is 0.875. The summed E-state index contributed by atoms with van der Waals surface area (Å²) in [6, 6.07) is 0. The van der Waals surface area contributed by atoms with E-state index in [-0.39, 0.29) is 0 Å². The minimum Gasteiger partial charge on any atom is -0.377 e. The first-order valence-corrected chi connectivity index (χ1v) is 5.30. The average Bonchev–Trinajstić information content (AvgIpc) is 2.04. The van der Waals surface area contributed by atoms with Gasteiger partial charge in [-0.15, -0.1) is 0 Å². The van der Waals surface area contributed by atoms with E-state index in [1.807, 2.05) is 0 Å². The van der Waals surface area contributed by atoms with Crippen LogP contribution in [0.4, 0.5) is 0 Å². The summed E-state index contributed by atoms with van der Waals surface area (Å²) in [5, 5.41) is 4.63. The molecule has 4 N–H and O–H groups in total. The average molecular weight is 187 g/mol. The topological polar surface area (TPSA) is 64.4 Å². The lowest BCUT2D eigenvalue weighted by Gasteiger charge is -2.25. The fourth-order valence-electron chi connectivity index (χ4n) is 1.69. The molecule has 0 aromatic carbocycles. The Hall–Kier alpha value is -0.380. The van der Waals surface area contributed by atoms with Crippen LogP contribution >= 0.6 is 11.8 Å². The number of hydrogen-bond acceptors (Lipinski definition) is 3. The molecule has 2 atom stereocenters. The molecule has 1 rings (SSSR count). The SMILES string of the molecule is CC1CCCC(SC(N)=NN)C1. The van der Waals surface area contributed by atoms with Gasteiger partial charge in [0, 0.05) is 5.25 Å². The van der Waals surface area contributed by atoms with Gasteiger partial charge in [-0.05, 0) is 18.8 Å². The molecule has 1 fully saturated rings. The van der Waals surface area contributed by atoms with Gasteiger partial charge in [-0.1, -0.05) is 31.5 Å². The lowest BCUT2D eigenvalue weighted by atomic mass is 9.91. The van der Waals surface area contributed by atoms with Crippen LogP contribution in [0.2, 0.25) is 0 Å². The van der Waals surface area contributed by atoms with Crippen LogP contribution in [0, 0.1) is 5.92 Å². The number of nitrogens with zero attached hydrogens (tertiary/aromatic N) is 1. The summed E-state index contributed by atoms with van der Waals surface area (Å²) < 4.78 is 0. The zero-order valence-electron chi connectivity index (χ0n) is 7.49. The van der Waals surface area contributed by atoms with Crippen LogP contribution in [0.25, 0.3) is 0 Å². The molecule has 0 heterocycles. The van der Waals surface area contributed by atoms with Crippen molar-refractivity contribution in [3.8, 4) is 0 Å². The van der Waals surface area contributed by atoms with E-state index in [0.29, 0.717) is 10.4 Å². The molecule has 0 radical (unpaired) electrons. The molecule has 1 aliphatic carbocycles. The van der Waals surface area contributed by atoms with Crippen molar-refractivity contribution in [1.82, 2.24) is 0 Å². The highest BCUT2D eigenvalue weighted by Gasteiger charge is 2.20. The number of nitrogens with two attached hydrogens (primary N) is 2. The first-order valence-electron chi connectivity index (χ1n) is 4.42. The molecule has 2 unspecified atom stereocenters. The van der Waals surface area contributed by atoms with Crippen LogP contribution in [0.3, 0.4) is 0 Å². The molecule has 1 saturated carbocycles.